The maximum absolute atomic E-state index is 12.1. The summed E-state index contributed by atoms with van der Waals surface area (Å²) in [5.74, 6) is -1.04. The maximum atomic E-state index is 12.1. The van der Waals surface area contributed by atoms with Crippen LogP contribution in [0.3, 0.4) is 0 Å². The van der Waals surface area contributed by atoms with E-state index in [0.29, 0.717) is 12.1 Å². The Kier molecular flexibility index (Phi) is 4.14. The highest BCUT2D eigenvalue weighted by molar-refractivity contribution is 6.08. The minimum absolute atomic E-state index is 0.0903. The summed E-state index contributed by atoms with van der Waals surface area (Å²) in [5.41, 5.74) is 7.01. The maximum Gasteiger partial charge on any atom is 0.235 e. The number of nitrogens with one attached hydrogen (secondary N) is 1. The monoisotopic (exact) mass is 272 g/mol. The summed E-state index contributed by atoms with van der Waals surface area (Å²) in [6.45, 7) is 1.80. The number of carbonyl (C=O) groups excluding carboxylic acids is 1. The van der Waals surface area contributed by atoms with Crippen molar-refractivity contribution in [3.8, 4) is 0 Å². The van der Waals surface area contributed by atoms with Crippen LogP contribution in [0.1, 0.15) is 13.3 Å². The quantitative estimate of drug-likeness (QED) is 0.342. The third-order valence-electron chi connectivity index (χ3n) is 3.07. The van der Waals surface area contributed by atoms with Crippen molar-refractivity contribution < 1.29 is 10.0 Å². The lowest BCUT2D eigenvalue weighted by Crippen LogP contribution is -2.34. The summed E-state index contributed by atoms with van der Waals surface area (Å²) in [6.07, 6.45) is 2.17. The minimum atomic E-state index is -0.649. The van der Waals surface area contributed by atoms with Crippen LogP contribution < -0.4 is 11.1 Å². The second kappa shape index (κ2) is 6.01. The number of fused-ring (bicyclic) bond motifs is 1. The summed E-state index contributed by atoms with van der Waals surface area (Å²) < 4.78 is 0. The molecule has 0 aliphatic carbocycles. The number of oxime groups is 1. The summed E-state index contributed by atoms with van der Waals surface area (Å²) >= 11 is 0. The van der Waals surface area contributed by atoms with E-state index in [4.69, 9.17) is 10.9 Å². The predicted molar refractivity (Wildman–Crippen MR) is 77.6 cm³/mol. The fraction of sp³-hybridized carbons (Fsp3) is 0.214. The van der Waals surface area contributed by atoms with Gasteiger partial charge in [0.05, 0.1) is 11.4 Å². The molecule has 1 aromatic carbocycles. The van der Waals surface area contributed by atoms with E-state index in [-0.39, 0.29) is 11.7 Å². The summed E-state index contributed by atoms with van der Waals surface area (Å²) in [7, 11) is 0. The lowest BCUT2D eigenvalue weighted by atomic mass is 10.0. The first-order valence-corrected chi connectivity index (χ1v) is 6.28. The number of anilines is 1. The third kappa shape index (κ3) is 2.85. The second-order valence-corrected chi connectivity index (χ2v) is 4.39. The number of amides is 1. The molecule has 2 rings (SSSR count). The van der Waals surface area contributed by atoms with E-state index in [0.717, 1.165) is 10.9 Å². The topological polar surface area (TPSA) is 101 Å². The highest BCUT2D eigenvalue weighted by atomic mass is 16.4. The number of nitrogens with zero attached hydrogens (tertiary/aromatic N) is 2. The smallest absolute Gasteiger partial charge is 0.235 e. The van der Waals surface area contributed by atoms with E-state index < -0.39 is 5.92 Å². The Labute approximate surface area is 116 Å². The Morgan fingerprint density at radius 2 is 2.30 bits per heavy atom. The van der Waals surface area contributed by atoms with Gasteiger partial charge in [0, 0.05) is 17.3 Å². The number of aromatic nitrogens is 1. The molecule has 1 atom stereocenters. The number of carbonyl (C=O) groups is 1. The van der Waals surface area contributed by atoms with Crippen LogP contribution in [0.5, 0.6) is 0 Å². The van der Waals surface area contributed by atoms with Gasteiger partial charge in [-0.1, -0.05) is 18.1 Å². The molecular formula is C14H16N4O2. The van der Waals surface area contributed by atoms with Gasteiger partial charge in [-0.05, 0) is 30.7 Å². The number of pyridine rings is 1. The van der Waals surface area contributed by atoms with Gasteiger partial charge in [0.1, 0.15) is 0 Å². The average Bonchev–Trinajstić information content (AvgIpc) is 2.47. The summed E-state index contributed by atoms with van der Waals surface area (Å²) in [5, 5.41) is 15.3. The molecule has 0 spiro atoms. The Bertz CT molecular complexity index is 654. The van der Waals surface area contributed by atoms with Crippen molar-refractivity contribution in [2.24, 2.45) is 16.8 Å². The van der Waals surface area contributed by atoms with Gasteiger partial charge in [0.2, 0.25) is 5.91 Å². The third-order valence-corrected chi connectivity index (χ3v) is 3.07. The van der Waals surface area contributed by atoms with Crippen LogP contribution in [0.25, 0.3) is 10.9 Å². The highest BCUT2D eigenvalue weighted by Crippen LogP contribution is 2.18. The van der Waals surface area contributed by atoms with Crippen LogP contribution in [0, 0.1) is 5.92 Å². The second-order valence-electron chi connectivity index (χ2n) is 4.39. The van der Waals surface area contributed by atoms with Gasteiger partial charge in [0.15, 0.2) is 5.84 Å². The van der Waals surface area contributed by atoms with Crippen LogP contribution in [0.15, 0.2) is 41.7 Å². The lowest BCUT2D eigenvalue weighted by Gasteiger charge is -2.13. The zero-order valence-corrected chi connectivity index (χ0v) is 11.1. The first-order chi connectivity index (χ1) is 9.65. The van der Waals surface area contributed by atoms with Gasteiger partial charge in [-0.25, -0.2) is 0 Å². The van der Waals surface area contributed by atoms with Gasteiger partial charge >= 0.3 is 0 Å². The van der Waals surface area contributed by atoms with Crippen LogP contribution in [0.2, 0.25) is 0 Å². The number of hydrogen-bond acceptors (Lipinski definition) is 4. The van der Waals surface area contributed by atoms with Crippen LogP contribution >= 0.6 is 0 Å². The Balaban J connectivity index is 2.21. The van der Waals surface area contributed by atoms with Crippen LogP contribution in [-0.2, 0) is 4.79 Å². The molecule has 0 aliphatic heterocycles. The number of amidine groups is 1. The standard InChI is InChI=1S/C14H16N4O2/c1-2-11(13(15)18-20)14(19)17-10-5-6-12-9(8-10)4-3-7-16-12/h3-8,11,20H,2H2,1H3,(H2,15,18)(H,17,19). The van der Waals surface area contributed by atoms with Crippen molar-refractivity contribution in [1.82, 2.24) is 4.98 Å². The molecule has 1 heterocycles. The predicted octanol–water partition coefficient (Wildman–Crippen LogP) is 1.95. The summed E-state index contributed by atoms with van der Waals surface area (Å²) in [4.78, 5) is 16.3. The van der Waals surface area contributed by atoms with E-state index in [1.54, 1.807) is 19.2 Å². The van der Waals surface area contributed by atoms with E-state index in [1.165, 1.54) is 0 Å². The van der Waals surface area contributed by atoms with Gasteiger partial charge in [-0.3, -0.25) is 9.78 Å². The van der Waals surface area contributed by atoms with Gasteiger partial charge in [-0.15, -0.1) is 0 Å². The highest BCUT2D eigenvalue weighted by Gasteiger charge is 2.21. The SMILES string of the molecule is CCC(C(=O)Nc1ccc2ncccc2c1)C(N)=NO. The van der Waals surface area contributed by atoms with Gasteiger partial charge in [-0.2, -0.15) is 0 Å². The molecular weight excluding hydrogens is 256 g/mol. The number of benzene rings is 1. The zero-order chi connectivity index (χ0) is 14.5. The Morgan fingerprint density at radius 3 is 3.00 bits per heavy atom. The summed E-state index contributed by atoms with van der Waals surface area (Å²) in [6, 6.07) is 9.18. The molecule has 1 amide bonds. The molecule has 0 saturated heterocycles. The van der Waals surface area contributed by atoms with E-state index in [2.05, 4.69) is 15.5 Å². The van der Waals surface area contributed by atoms with Crippen LogP contribution in [0.4, 0.5) is 5.69 Å². The first-order valence-electron chi connectivity index (χ1n) is 6.28. The van der Waals surface area contributed by atoms with E-state index in [9.17, 15) is 4.79 Å². The van der Waals surface area contributed by atoms with Crippen molar-refractivity contribution in [2.45, 2.75) is 13.3 Å². The normalized spacial score (nSPS) is 13.2. The molecule has 20 heavy (non-hydrogen) atoms. The van der Waals surface area contributed by atoms with Crippen molar-refractivity contribution in [2.75, 3.05) is 5.32 Å². The van der Waals surface area contributed by atoms with Gasteiger partial charge in [0.25, 0.3) is 0 Å². The first kappa shape index (κ1) is 13.8. The van der Waals surface area contributed by atoms with Crippen LogP contribution in [-0.4, -0.2) is 21.9 Å². The minimum Gasteiger partial charge on any atom is -0.409 e. The number of rotatable bonds is 4. The molecule has 1 aromatic heterocycles. The molecule has 1 unspecified atom stereocenters. The van der Waals surface area contributed by atoms with Crippen molar-refractivity contribution >= 4 is 28.3 Å². The number of nitrogens with two attached hydrogens (primary N) is 1. The van der Waals surface area contributed by atoms with Crippen molar-refractivity contribution in [1.29, 1.82) is 0 Å². The molecule has 0 fully saturated rings. The molecule has 0 radical (unpaired) electrons. The Hall–Kier alpha value is -2.63. The van der Waals surface area contributed by atoms with E-state index >= 15 is 0 Å². The lowest BCUT2D eigenvalue weighted by molar-refractivity contribution is -0.118. The molecule has 6 heteroatoms. The average molecular weight is 272 g/mol. The molecule has 0 saturated carbocycles. The molecule has 2 aromatic rings. The molecule has 0 bridgehead atoms. The fourth-order valence-electron chi connectivity index (χ4n) is 1.98. The van der Waals surface area contributed by atoms with E-state index in [1.807, 2.05) is 24.3 Å². The fourth-order valence-corrected chi connectivity index (χ4v) is 1.98. The molecule has 104 valence electrons. The zero-order valence-electron chi connectivity index (χ0n) is 11.1. The molecule has 0 aliphatic rings. The Morgan fingerprint density at radius 1 is 1.50 bits per heavy atom. The number of hydrogen-bond donors (Lipinski definition) is 3. The largest absolute Gasteiger partial charge is 0.409 e. The van der Waals surface area contributed by atoms with Crippen molar-refractivity contribution in [3.05, 3.63) is 36.5 Å². The van der Waals surface area contributed by atoms with Crippen molar-refractivity contribution in [3.63, 3.8) is 0 Å². The molecule has 4 N–H and O–H groups in total. The molecule has 6 nitrogen and oxygen atoms in total. The van der Waals surface area contributed by atoms with Gasteiger partial charge < -0.3 is 16.3 Å².